The van der Waals surface area contributed by atoms with Gasteiger partial charge in [-0.3, -0.25) is 0 Å². The first-order valence-electron chi connectivity index (χ1n) is 6.73. The Kier molecular flexibility index (Phi) is 5.82. The van der Waals surface area contributed by atoms with Gasteiger partial charge in [-0.05, 0) is 31.5 Å². The highest BCUT2D eigenvalue weighted by molar-refractivity contribution is 7.91. The molecule has 108 valence electrons. The van der Waals surface area contributed by atoms with Crippen LogP contribution in [-0.4, -0.2) is 33.8 Å². The van der Waals surface area contributed by atoms with Crippen molar-refractivity contribution in [3.63, 3.8) is 0 Å². The van der Waals surface area contributed by atoms with E-state index in [4.69, 9.17) is 5.73 Å². The Labute approximate surface area is 116 Å². The monoisotopic (exact) mass is 284 g/mol. The van der Waals surface area contributed by atoms with E-state index < -0.39 is 9.84 Å². The molecule has 0 aliphatic carbocycles. The van der Waals surface area contributed by atoms with Crippen molar-refractivity contribution in [2.24, 2.45) is 11.7 Å². The molecule has 1 atom stereocenters. The zero-order valence-electron chi connectivity index (χ0n) is 12.0. The maximum Gasteiger partial charge on any atom is 0.180 e. The van der Waals surface area contributed by atoms with Gasteiger partial charge in [-0.25, -0.2) is 8.42 Å². The molecule has 0 radical (unpaired) electrons. The number of sulfone groups is 1. The molecule has 0 aliphatic heterocycles. The van der Waals surface area contributed by atoms with Crippen LogP contribution in [0, 0.1) is 5.92 Å². The Bertz CT molecular complexity index is 500. The summed E-state index contributed by atoms with van der Waals surface area (Å²) in [4.78, 5) is 2.50. The summed E-state index contributed by atoms with van der Waals surface area (Å²) in [5, 5.41) is 0. The van der Waals surface area contributed by atoms with E-state index in [1.165, 1.54) is 0 Å². The van der Waals surface area contributed by atoms with Gasteiger partial charge in [-0.1, -0.05) is 26.0 Å². The second-order valence-electron chi connectivity index (χ2n) is 4.75. The fraction of sp³-hybridized carbons (Fsp3) is 0.571. The van der Waals surface area contributed by atoms with Crippen LogP contribution in [0.1, 0.15) is 20.8 Å². The van der Waals surface area contributed by atoms with E-state index in [0.29, 0.717) is 17.4 Å². The van der Waals surface area contributed by atoms with Crippen LogP contribution in [0.15, 0.2) is 29.2 Å². The summed E-state index contributed by atoms with van der Waals surface area (Å²) in [5.74, 6) is 0.450. The van der Waals surface area contributed by atoms with Crippen LogP contribution in [0.25, 0.3) is 0 Å². The Balaban J connectivity index is 3.18. The third kappa shape index (κ3) is 3.94. The average Bonchev–Trinajstić information content (AvgIpc) is 2.44. The molecule has 2 N–H and O–H groups in total. The minimum Gasteiger partial charge on any atom is -0.370 e. The molecule has 0 aliphatic rings. The molecule has 0 fully saturated rings. The van der Waals surface area contributed by atoms with Crippen molar-refractivity contribution in [3.05, 3.63) is 24.3 Å². The molecule has 0 spiro atoms. The van der Waals surface area contributed by atoms with E-state index in [0.717, 1.165) is 18.8 Å². The quantitative estimate of drug-likeness (QED) is 0.830. The maximum atomic E-state index is 12.1. The van der Waals surface area contributed by atoms with Crippen molar-refractivity contribution in [1.29, 1.82) is 0 Å². The van der Waals surface area contributed by atoms with Crippen molar-refractivity contribution < 1.29 is 8.42 Å². The Morgan fingerprint density at radius 2 is 1.89 bits per heavy atom. The van der Waals surface area contributed by atoms with Crippen molar-refractivity contribution in [1.82, 2.24) is 0 Å². The Morgan fingerprint density at radius 1 is 1.26 bits per heavy atom. The van der Waals surface area contributed by atoms with Crippen molar-refractivity contribution in [3.8, 4) is 0 Å². The number of hydrogen-bond acceptors (Lipinski definition) is 4. The topological polar surface area (TPSA) is 63.4 Å². The van der Waals surface area contributed by atoms with Gasteiger partial charge in [-0.2, -0.15) is 0 Å². The number of para-hydroxylation sites is 1. The third-order valence-electron chi connectivity index (χ3n) is 3.24. The Hall–Kier alpha value is -1.07. The van der Waals surface area contributed by atoms with Gasteiger partial charge in [0.25, 0.3) is 0 Å². The molecule has 1 aromatic carbocycles. The predicted octanol–water partition coefficient (Wildman–Crippen LogP) is 1.90. The minimum absolute atomic E-state index is 0.119. The van der Waals surface area contributed by atoms with E-state index in [1.807, 2.05) is 19.1 Å². The smallest absolute Gasteiger partial charge is 0.180 e. The van der Waals surface area contributed by atoms with Crippen LogP contribution in [0.2, 0.25) is 0 Å². The van der Waals surface area contributed by atoms with E-state index in [9.17, 15) is 8.42 Å². The van der Waals surface area contributed by atoms with E-state index >= 15 is 0 Å². The van der Waals surface area contributed by atoms with E-state index in [-0.39, 0.29) is 5.75 Å². The largest absolute Gasteiger partial charge is 0.370 e. The van der Waals surface area contributed by atoms with Gasteiger partial charge in [0.2, 0.25) is 0 Å². The molecule has 0 amide bonds. The van der Waals surface area contributed by atoms with Crippen LogP contribution >= 0.6 is 0 Å². The number of hydrogen-bond donors (Lipinski definition) is 1. The van der Waals surface area contributed by atoms with E-state index in [1.54, 1.807) is 19.1 Å². The lowest BCUT2D eigenvalue weighted by Gasteiger charge is -2.28. The fourth-order valence-corrected chi connectivity index (χ4v) is 3.10. The molecule has 1 aromatic rings. The highest BCUT2D eigenvalue weighted by Gasteiger charge is 2.20. The van der Waals surface area contributed by atoms with Crippen LogP contribution in [-0.2, 0) is 9.84 Å². The molecule has 0 bridgehead atoms. The summed E-state index contributed by atoms with van der Waals surface area (Å²) < 4.78 is 24.3. The van der Waals surface area contributed by atoms with Crippen LogP contribution in [0.5, 0.6) is 0 Å². The fourth-order valence-electron chi connectivity index (χ4n) is 1.99. The zero-order valence-corrected chi connectivity index (χ0v) is 12.8. The number of nitrogens with two attached hydrogens (primary N) is 1. The van der Waals surface area contributed by atoms with Gasteiger partial charge < -0.3 is 10.6 Å². The lowest BCUT2D eigenvalue weighted by molar-refractivity contribution is 0.571. The summed E-state index contributed by atoms with van der Waals surface area (Å²) in [6.45, 7) is 7.89. The first-order chi connectivity index (χ1) is 8.96. The first-order valence-corrected chi connectivity index (χ1v) is 8.38. The van der Waals surface area contributed by atoms with Crippen molar-refractivity contribution >= 4 is 15.5 Å². The van der Waals surface area contributed by atoms with Gasteiger partial charge >= 0.3 is 0 Å². The molecule has 4 nitrogen and oxygen atoms in total. The van der Waals surface area contributed by atoms with Crippen molar-refractivity contribution in [2.75, 3.05) is 30.3 Å². The summed E-state index contributed by atoms with van der Waals surface area (Å²) in [5.41, 5.74) is 6.44. The average molecular weight is 284 g/mol. The van der Waals surface area contributed by atoms with Crippen LogP contribution in [0.4, 0.5) is 5.69 Å². The number of nitrogens with zero attached hydrogens (tertiary/aromatic N) is 1. The Morgan fingerprint density at radius 3 is 2.42 bits per heavy atom. The molecule has 1 rings (SSSR count). The zero-order chi connectivity index (χ0) is 14.5. The highest BCUT2D eigenvalue weighted by Crippen LogP contribution is 2.26. The number of benzene rings is 1. The molecule has 19 heavy (non-hydrogen) atoms. The summed E-state index contributed by atoms with van der Waals surface area (Å²) >= 11 is 0. The second-order valence-corrected chi connectivity index (χ2v) is 7.00. The molecule has 1 unspecified atom stereocenters. The van der Waals surface area contributed by atoms with Gasteiger partial charge in [0.05, 0.1) is 16.3 Å². The number of anilines is 1. The lowest BCUT2D eigenvalue weighted by atomic mass is 10.1. The van der Waals surface area contributed by atoms with Crippen LogP contribution in [0.3, 0.4) is 0 Å². The minimum atomic E-state index is -3.20. The maximum absolute atomic E-state index is 12.1. The summed E-state index contributed by atoms with van der Waals surface area (Å²) in [7, 11) is -3.20. The molecule has 5 heteroatoms. The molecular formula is C14H24N2O2S. The summed E-state index contributed by atoms with van der Waals surface area (Å²) in [6, 6.07) is 7.20. The second kappa shape index (κ2) is 6.91. The lowest BCUT2D eigenvalue weighted by Crippen LogP contribution is -2.32. The number of rotatable bonds is 7. The highest BCUT2D eigenvalue weighted by atomic mass is 32.2. The predicted molar refractivity (Wildman–Crippen MR) is 80.3 cm³/mol. The SMILES string of the molecule is CCN(CC(C)CN)c1ccccc1S(=O)(=O)CC. The molecule has 0 heterocycles. The van der Waals surface area contributed by atoms with Gasteiger partial charge in [-0.15, -0.1) is 0 Å². The van der Waals surface area contributed by atoms with E-state index in [2.05, 4.69) is 11.8 Å². The standard InChI is InChI=1S/C14H24N2O2S/c1-4-16(11-12(3)10-15)13-8-6-7-9-14(13)19(17,18)5-2/h6-9,12H,4-5,10-11,15H2,1-3H3. The molecule has 0 saturated heterocycles. The van der Waals surface area contributed by atoms with Crippen LogP contribution < -0.4 is 10.6 Å². The molecular weight excluding hydrogens is 260 g/mol. The van der Waals surface area contributed by atoms with Crippen molar-refractivity contribution in [2.45, 2.75) is 25.7 Å². The van der Waals surface area contributed by atoms with Gasteiger partial charge in [0.15, 0.2) is 9.84 Å². The first kappa shape index (κ1) is 16.0. The molecule has 0 saturated carbocycles. The normalized spacial score (nSPS) is 13.3. The third-order valence-corrected chi connectivity index (χ3v) is 5.01. The van der Waals surface area contributed by atoms with Gasteiger partial charge in [0, 0.05) is 13.1 Å². The molecule has 0 aromatic heterocycles. The van der Waals surface area contributed by atoms with Gasteiger partial charge in [0.1, 0.15) is 0 Å². The summed E-state index contributed by atoms with van der Waals surface area (Å²) in [6.07, 6.45) is 0.